The van der Waals surface area contributed by atoms with Crippen molar-refractivity contribution in [2.75, 3.05) is 6.26 Å². The molecule has 1 fully saturated rings. The van der Waals surface area contributed by atoms with Crippen molar-refractivity contribution in [3.8, 4) is 0 Å². The molecular weight excluding hydrogens is 276 g/mol. The number of aromatic carboxylic acids is 1. The van der Waals surface area contributed by atoms with Crippen molar-refractivity contribution in [1.29, 1.82) is 0 Å². The van der Waals surface area contributed by atoms with Gasteiger partial charge in [0.1, 0.15) is 5.69 Å². The number of amides is 1. The van der Waals surface area contributed by atoms with Crippen LogP contribution in [0, 0.1) is 0 Å². The summed E-state index contributed by atoms with van der Waals surface area (Å²) < 4.78 is 0. The topological polar surface area (TPSA) is 79.3 Å². The molecule has 0 bridgehead atoms. The largest absolute Gasteiger partial charge is 0.477 e. The summed E-state index contributed by atoms with van der Waals surface area (Å²) in [5, 5.41) is 12.4. The zero-order valence-electron chi connectivity index (χ0n) is 11.3. The predicted octanol–water partition coefficient (Wildman–Crippen LogP) is 2.18. The van der Waals surface area contributed by atoms with Crippen molar-refractivity contribution in [1.82, 2.24) is 10.3 Å². The van der Waals surface area contributed by atoms with Gasteiger partial charge in [0, 0.05) is 17.5 Å². The van der Waals surface area contributed by atoms with Gasteiger partial charge in [0.2, 0.25) is 0 Å². The van der Waals surface area contributed by atoms with Crippen LogP contribution in [0.5, 0.6) is 0 Å². The Hall–Kier alpha value is -1.56. The number of hydrogen-bond acceptors (Lipinski definition) is 4. The molecule has 1 aromatic heterocycles. The molecule has 108 valence electrons. The van der Waals surface area contributed by atoms with Gasteiger partial charge in [0.15, 0.2) is 0 Å². The van der Waals surface area contributed by atoms with E-state index >= 15 is 0 Å². The molecule has 6 heteroatoms. The maximum Gasteiger partial charge on any atom is 0.354 e. The monoisotopic (exact) mass is 294 g/mol. The lowest BCUT2D eigenvalue weighted by atomic mass is 9.95. The number of carboxylic acid groups (broad SMARTS) is 1. The Balaban J connectivity index is 1.95. The minimum atomic E-state index is -1.09. The van der Waals surface area contributed by atoms with E-state index in [1.807, 2.05) is 11.8 Å². The standard InChI is InChI=1S/C14H18N2O3S/c1-20-11-4-2-3-10(7-11)16-13(17)9-5-6-12(14(18)19)15-8-9/h5-6,8,10-11H,2-4,7H2,1H3,(H,16,17)(H,18,19)/t10-,11+/m0/s1. The van der Waals surface area contributed by atoms with Gasteiger partial charge in [-0.1, -0.05) is 6.42 Å². The van der Waals surface area contributed by atoms with Gasteiger partial charge in [-0.25, -0.2) is 9.78 Å². The van der Waals surface area contributed by atoms with Crippen LogP contribution in [0.15, 0.2) is 18.3 Å². The third kappa shape index (κ3) is 3.72. The maximum atomic E-state index is 12.1. The first-order chi connectivity index (χ1) is 9.60. The number of rotatable bonds is 4. The maximum absolute atomic E-state index is 12.1. The molecule has 1 aromatic rings. The van der Waals surface area contributed by atoms with Crippen LogP contribution in [-0.2, 0) is 0 Å². The summed E-state index contributed by atoms with van der Waals surface area (Å²) >= 11 is 1.85. The fourth-order valence-corrected chi connectivity index (χ4v) is 3.24. The molecule has 1 amide bonds. The van der Waals surface area contributed by atoms with E-state index in [9.17, 15) is 9.59 Å². The predicted molar refractivity (Wildman–Crippen MR) is 78.2 cm³/mol. The van der Waals surface area contributed by atoms with Crippen LogP contribution in [0.3, 0.4) is 0 Å². The lowest BCUT2D eigenvalue weighted by molar-refractivity contribution is 0.0689. The number of carboxylic acids is 1. The van der Waals surface area contributed by atoms with Gasteiger partial charge >= 0.3 is 5.97 Å². The van der Waals surface area contributed by atoms with Crippen LogP contribution in [0.25, 0.3) is 0 Å². The van der Waals surface area contributed by atoms with Crippen LogP contribution in [0.4, 0.5) is 0 Å². The van der Waals surface area contributed by atoms with Crippen LogP contribution in [0.2, 0.25) is 0 Å². The molecule has 1 heterocycles. The Labute approximate surface area is 122 Å². The van der Waals surface area contributed by atoms with Crippen molar-refractivity contribution in [2.45, 2.75) is 37.0 Å². The molecule has 0 aromatic carbocycles. The van der Waals surface area contributed by atoms with Crippen LogP contribution < -0.4 is 5.32 Å². The Morgan fingerprint density at radius 1 is 1.40 bits per heavy atom. The first-order valence-electron chi connectivity index (χ1n) is 6.63. The molecule has 0 spiro atoms. The van der Waals surface area contributed by atoms with E-state index in [-0.39, 0.29) is 17.6 Å². The third-order valence-corrected chi connectivity index (χ3v) is 4.63. The second-order valence-electron chi connectivity index (χ2n) is 4.93. The molecule has 2 atom stereocenters. The number of hydrogen-bond donors (Lipinski definition) is 2. The van der Waals surface area contributed by atoms with Crippen LogP contribution in [0.1, 0.15) is 46.5 Å². The highest BCUT2D eigenvalue weighted by molar-refractivity contribution is 7.99. The molecule has 20 heavy (non-hydrogen) atoms. The average molecular weight is 294 g/mol. The van der Waals surface area contributed by atoms with E-state index in [1.165, 1.54) is 24.8 Å². The van der Waals surface area contributed by atoms with Crippen molar-refractivity contribution >= 4 is 23.6 Å². The van der Waals surface area contributed by atoms with Gasteiger partial charge in [0.05, 0.1) is 5.56 Å². The highest BCUT2D eigenvalue weighted by Gasteiger charge is 2.23. The molecular formula is C14H18N2O3S. The quantitative estimate of drug-likeness (QED) is 0.890. The van der Waals surface area contributed by atoms with E-state index in [2.05, 4.69) is 16.6 Å². The minimum absolute atomic E-state index is 0.0540. The number of aromatic nitrogens is 1. The summed E-state index contributed by atoms with van der Waals surface area (Å²) in [4.78, 5) is 26.5. The Morgan fingerprint density at radius 2 is 2.20 bits per heavy atom. The number of pyridine rings is 1. The number of nitrogens with zero attached hydrogens (tertiary/aromatic N) is 1. The highest BCUT2D eigenvalue weighted by atomic mass is 32.2. The van der Waals surface area contributed by atoms with Crippen molar-refractivity contribution in [2.24, 2.45) is 0 Å². The first-order valence-corrected chi connectivity index (χ1v) is 7.92. The normalized spacial score (nSPS) is 22.2. The second kappa shape index (κ2) is 6.74. The summed E-state index contributed by atoms with van der Waals surface area (Å²) in [5.74, 6) is -1.27. The highest BCUT2D eigenvalue weighted by Crippen LogP contribution is 2.27. The number of carbonyl (C=O) groups is 2. The summed E-state index contributed by atoms with van der Waals surface area (Å²) in [7, 11) is 0. The second-order valence-corrected chi connectivity index (χ2v) is 6.07. The third-order valence-electron chi connectivity index (χ3n) is 3.54. The Bertz CT molecular complexity index is 490. The average Bonchev–Trinajstić information content (AvgIpc) is 2.47. The summed E-state index contributed by atoms with van der Waals surface area (Å²) in [6, 6.07) is 3.05. The number of thioether (sulfide) groups is 1. The summed E-state index contributed by atoms with van der Waals surface area (Å²) in [6.45, 7) is 0. The van der Waals surface area contributed by atoms with E-state index in [0.29, 0.717) is 10.8 Å². The van der Waals surface area contributed by atoms with Crippen LogP contribution >= 0.6 is 11.8 Å². The van der Waals surface area contributed by atoms with Gasteiger partial charge in [0.25, 0.3) is 5.91 Å². The van der Waals surface area contributed by atoms with Crippen LogP contribution in [-0.4, -0.2) is 39.5 Å². The first kappa shape index (κ1) is 14.8. The van der Waals surface area contributed by atoms with Gasteiger partial charge in [-0.2, -0.15) is 11.8 Å². The zero-order chi connectivity index (χ0) is 14.5. The molecule has 0 aliphatic heterocycles. The molecule has 1 aliphatic carbocycles. The molecule has 2 N–H and O–H groups in total. The van der Waals surface area contributed by atoms with Crippen molar-refractivity contribution < 1.29 is 14.7 Å². The summed E-state index contributed by atoms with van der Waals surface area (Å²) in [5.41, 5.74) is 0.350. The molecule has 1 saturated carbocycles. The molecule has 0 saturated heterocycles. The summed E-state index contributed by atoms with van der Waals surface area (Å²) in [6.07, 6.45) is 7.75. The van der Waals surface area contributed by atoms with Gasteiger partial charge < -0.3 is 10.4 Å². The fourth-order valence-electron chi connectivity index (χ4n) is 2.41. The zero-order valence-corrected chi connectivity index (χ0v) is 12.2. The molecule has 0 unspecified atom stereocenters. The Kier molecular flexibility index (Phi) is 5.00. The smallest absolute Gasteiger partial charge is 0.354 e. The lowest BCUT2D eigenvalue weighted by Gasteiger charge is -2.28. The molecule has 2 rings (SSSR count). The van der Waals surface area contributed by atoms with E-state index < -0.39 is 5.97 Å². The van der Waals surface area contributed by atoms with Gasteiger partial charge in [-0.3, -0.25) is 4.79 Å². The van der Waals surface area contributed by atoms with E-state index in [0.717, 1.165) is 19.3 Å². The number of nitrogens with one attached hydrogen (secondary N) is 1. The van der Waals surface area contributed by atoms with E-state index in [4.69, 9.17) is 5.11 Å². The van der Waals surface area contributed by atoms with Gasteiger partial charge in [-0.15, -0.1) is 0 Å². The van der Waals surface area contributed by atoms with E-state index in [1.54, 1.807) is 0 Å². The fraction of sp³-hybridized carbons (Fsp3) is 0.500. The SMILES string of the molecule is CS[C@@H]1CCC[C@H](NC(=O)c2ccc(C(=O)O)nc2)C1. The Morgan fingerprint density at radius 3 is 2.80 bits per heavy atom. The minimum Gasteiger partial charge on any atom is -0.477 e. The molecule has 1 aliphatic rings. The van der Waals surface area contributed by atoms with Crippen molar-refractivity contribution in [3.63, 3.8) is 0 Å². The van der Waals surface area contributed by atoms with Gasteiger partial charge in [-0.05, 0) is 37.7 Å². The molecule has 0 radical (unpaired) electrons. The molecule has 5 nitrogen and oxygen atoms in total. The number of carbonyl (C=O) groups excluding carboxylic acids is 1. The lowest BCUT2D eigenvalue weighted by Crippen LogP contribution is -2.39. The van der Waals surface area contributed by atoms with Crippen molar-refractivity contribution in [3.05, 3.63) is 29.6 Å².